The summed E-state index contributed by atoms with van der Waals surface area (Å²) in [4.78, 5) is 102. The molecule has 0 spiro atoms. The van der Waals surface area contributed by atoms with Crippen LogP contribution in [0.5, 0.6) is 0 Å². The fourth-order valence-electron chi connectivity index (χ4n) is 6.85. The Morgan fingerprint density at radius 3 is 1.39 bits per heavy atom. The number of aromatic nitrogens is 3. The third-order valence-electron chi connectivity index (χ3n) is 11.9. The van der Waals surface area contributed by atoms with Crippen LogP contribution in [-0.4, -0.2) is 105 Å². The van der Waals surface area contributed by atoms with Gasteiger partial charge in [-0.15, -0.1) is 6.61 Å². The topological polar surface area (TPSA) is 326 Å². The number of amides is 2. The number of nitrogens with zero attached hydrogens (tertiary/aromatic N) is 6. The molecular weight excluding hydrogens is 1170 g/mol. The van der Waals surface area contributed by atoms with Crippen molar-refractivity contribution < 1.29 is 135 Å². The predicted molar refractivity (Wildman–Crippen MR) is 337 cm³/mol. The summed E-state index contributed by atoms with van der Waals surface area (Å²) in [5.41, 5.74) is 10.7. The normalized spacial score (nSPS) is 10.2. The van der Waals surface area contributed by atoms with E-state index in [4.69, 9.17) is 35.8 Å². The molecule has 1 aliphatic carbocycles. The van der Waals surface area contributed by atoms with Crippen molar-refractivity contribution in [2.75, 3.05) is 46.0 Å². The summed E-state index contributed by atoms with van der Waals surface area (Å²) in [6, 6.07) is 14.4. The standard InChI is InChI=1S/C17H20N2O2.C10H12N2O.C10H13NO3.C6H12.C5H8N2O.C5H7NO2.C5H9O2.C2H7N.C2H6O2.CH4.K.Na.H2O/c1-4-19-13(3)12(2)10-15(17(19)21)16(20)18-11-14-8-6-5-7-9-14;1-5-12-8(3)7(2)6-9(11-4)10(12)13;1-4-11-7(3)6(2)5-8(9(11)12)10(13)14;1-2-4-6-5-3-1;1-3-7-5(8)4-6-2;1-3-8-5(7)4-6-2;1-4(3-6)5(2)7;1-2-3;1-2-4-3;;;;/h5-10H,4,11H2,1-3H3,(H,18,20);6H,5H2,1-3H3;5H,4H2,1-3H3,(H,13,14);1-6H2;3-4H2,1H3,(H,7,8);3-4H2,1H3;4H,3H2,1-2H3;2-3H2,1H3;3H,2H2,1H3;1H4;;;1H2/q;;;;;;-1;;;;2*+1;/p-1. The number of hydrogen-bond acceptors (Lipinski definition) is 14. The molecule has 482 valence electrons. The summed E-state index contributed by atoms with van der Waals surface area (Å²) >= 11 is 0. The number of esters is 1. The monoisotopic (exact) mass is 1270 g/mol. The van der Waals surface area contributed by atoms with E-state index in [1.807, 2.05) is 99.6 Å². The molecule has 1 aromatic carbocycles. The molecule has 1 atom stereocenters. The molecule has 1 aliphatic rings. The number of aryl methyl sites for hydroxylation is 3. The summed E-state index contributed by atoms with van der Waals surface area (Å²) < 4.78 is 9.16. The van der Waals surface area contributed by atoms with Crippen LogP contribution in [0.15, 0.2) is 62.9 Å². The van der Waals surface area contributed by atoms with Crippen molar-refractivity contribution in [1.82, 2.24) is 24.3 Å². The Bertz CT molecular complexity index is 2860. The number of ketones is 1. The van der Waals surface area contributed by atoms with Crippen molar-refractivity contribution in [1.29, 1.82) is 0 Å². The zero-order valence-corrected chi connectivity index (χ0v) is 59.9. The molecule has 1 saturated carbocycles. The molecule has 3 heterocycles. The van der Waals surface area contributed by atoms with Crippen LogP contribution < -0.4 is 119 Å². The molecule has 23 nitrogen and oxygen atoms in total. The molecule has 88 heavy (non-hydrogen) atoms. The van der Waals surface area contributed by atoms with Gasteiger partial charge in [-0.3, -0.25) is 34.0 Å². The molecule has 0 saturated heterocycles. The predicted octanol–water partition coefficient (Wildman–Crippen LogP) is 2.99. The summed E-state index contributed by atoms with van der Waals surface area (Å²) in [6.45, 7) is 50.1. The minimum atomic E-state index is -1.17. The van der Waals surface area contributed by atoms with Crippen LogP contribution in [0.25, 0.3) is 14.5 Å². The van der Waals surface area contributed by atoms with Crippen LogP contribution in [0.1, 0.15) is 168 Å². The summed E-state index contributed by atoms with van der Waals surface area (Å²) in [6.07, 6.45) is 9.00. The Balaban J connectivity index is -0.000000143. The van der Waals surface area contributed by atoms with Crippen molar-refractivity contribution in [3.63, 3.8) is 0 Å². The minimum Gasteiger partial charge on any atom is -0.870 e. The van der Waals surface area contributed by atoms with E-state index in [2.05, 4.69) is 34.8 Å². The Labute approximate surface area is 587 Å². The number of rotatable bonds is 14. The maximum atomic E-state index is 12.3. The van der Waals surface area contributed by atoms with E-state index in [0.717, 1.165) is 45.9 Å². The van der Waals surface area contributed by atoms with E-state index >= 15 is 0 Å². The Kier molecular flexibility index (Phi) is 69.3. The van der Waals surface area contributed by atoms with Crippen molar-refractivity contribution in [3.05, 3.63) is 164 Å². The molecule has 0 radical (unpaired) electrons. The summed E-state index contributed by atoms with van der Waals surface area (Å²) in [5.74, 6) is -2.44. The van der Waals surface area contributed by atoms with E-state index in [0.29, 0.717) is 45.9 Å². The molecule has 25 heteroatoms. The Morgan fingerprint density at radius 2 is 1.07 bits per heavy atom. The second-order valence-corrected chi connectivity index (χ2v) is 18.2. The first-order valence-electron chi connectivity index (χ1n) is 28.0. The zero-order valence-electron chi connectivity index (χ0n) is 54.8. The van der Waals surface area contributed by atoms with Gasteiger partial charge in [0.1, 0.15) is 16.9 Å². The smallest absolute Gasteiger partial charge is 0.870 e. The van der Waals surface area contributed by atoms with Gasteiger partial charge in [0, 0.05) is 49.8 Å². The van der Waals surface area contributed by atoms with Crippen LogP contribution in [0.4, 0.5) is 5.69 Å². The third-order valence-corrected chi connectivity index (χ3v) is 11.9. The van der Waals surface area contributed by atoms with Crippen molar-refractivity contribution >= 4 is 35.2 Å². The van der Waals surface area contributed by atoms with E-state index < -0.39 is 17.5 Å². The number of carbonyl (C=O) groups is 5. The number of carboxylic acid groups (broad SMARTS) is 1. The van der Waals surface area contributed by atoms with Crippen LogP contribution in [-0.2, 0) is 50.2 Å². The van der Waals surface area contributed by atoms with Gasteiger partial charge in [-0.1, -0.05) is 90.1 Å². The SMILES string of the molecule is C.C1CCCCC1.CC(=O)C(C)C[O-].CCN.CCOO.CCn1c(C)c(C)cc(C(=O)NCc2ccccc2)c1=O.CCn1c(C)c(C)cc(C(=O)O)c1=O.[C-]#[N+]CC(=O)NCC.[C-]#[N+]CC(=O)OCC.[C-]#[N+]c1cc(C)c(C)n(CC)c1=O.[K+].[Na+].[OH-]. The van der Waals surface area contributed by atoms with Crippen LogP contribution in [0.3, 0.4) is 0 Å². The third kappa shape index (κ3) is 43.2. The number of carbonyl (C=O) groups excluding carboxylic acids is 4. The van der Waals surface area contributed by atoms with Gasteiger partial charge in [0.25, 0.3) is 40.7 Å². The van der Waals surface area contributed by atoms with Crippen LogP contribution >= 0.6 is 0 Å². The molecule has 1 unspecified atom stereocenters. The first-order chi connectivity index (χ1) is 39.8. The number of carboxylic acids is 1. The molecule has 3 aromatic heterocycles. The van der Waals surface area contributed by atoms with Gasteiger partial charge < -0.3 is 60.2 Å². The van der Waals surface area contributed by atoms with E-state index in [1.165, 1.54) is 56.1 Å². The number of pyridine rings is 3. The summed E-state index contributed by atoms with van der Waals surface area (Å²) in [7, 11) is 0. The first kappa shape index (κ1) is 98.8. The van der Waals surface area contributed by atoms with Gasteiger partial charge in [-0.25, -0.2) is 32.5 Å². The Morgan fingerprint density at radius 1 is 0.682 bits per heavy atom. The number of aromatic carboxylic acids is 1. The molecule has 2 amide bonds. The van der Waals surface area contributed by atoms with Crippen LogP contribution in [0, 0.1) is 67.2 Å². The number of likely N-dealkylation sites (N-methyl/N-ethyl adjacent to an activating group) is 1. The van der Waals surface area contributed by atoms with Gasteiger partial charge in [-0.2, -0.15) is 0 Å². The quantitative estimate of drug-likeness (QED) is 0.0399. The molecule has 0 bridgehead atoms. The van der Waals surface area contributed by atoms with Crippen LogP contribution in [0.2, 0.25) is 0 Å². The van der Waals surface area contributed by atoms with Crippen molar-refractivity contribution in [3.8, 4) is 0 Å². The molecule has 4 aromatic rings. The van der Waals surface area contributed by atoms with E-state index in [1.54, 1.807) is 49.0 Å². The van der Waals surface area contributed by atoms with Gasteiger partial charge in [-0.05, 0) is 143 Å². The number of Topliss-reactive ketones (excluding diaryl/α,β-unsaturated/α-hetero) is 1. The molecular formula is C63H99KN9NaO14. The maximum absolute atomic E-state index is 12.3. The number of ether oxygens (including phenoxy) is 1. The van der Waals surface area contributed by atoms with E-state index in [9.17, 15) is 43.5 Å². The number of nitrogens with two attached hydrogens (primary N) is 1. The van der Waals surface area contributed by atoms with Crippen molar-refractivity contribution in [2.45, 2.75) is 176 Å². The number of hydrogen-bond donors (Lipinski definition) is 5. The van der Waals surface area contributed by atoms with Gasteiger partial charge in [0.2, 0.25) is 0 Å². The van der Waals surface area contributed by atoms with Crippen molar-refractivity contribution in [2.24, 2.45) is 11.7 Å². The minimum absolute atomic E-state index is 0. The average molecular weight is 1270 g/mol. The first-order valence-corrected chi connectivity index (χ1v) is 28.0. The van der Waals surface area contributed by atoms with Gasteiger partial charge >= 0.3 is 99.4 Å². The Hall–Kier alpha value is -5.47. The second-order valence-electron chi connectivity index (χ2n) is 18.2. The molecule has 1 fully saturated rings. The number of nitrogens with one attached hydrogen (secondary N) is 2. The number of benzene rings is 1. The second kappa shape index (κ2) is 61.8. The van der Waals surface area contributed by atoms with Gasteiger partial charge in [0.05, 0.1) is 19.8 Å². The fourth-order valence-corrected chi connectivity index (χ4v) is 6.85. The average Bonchev–Trinajstić information content (AvgIpc) is 1.48. The van der Waals surface area contributed by atoms with E-state index in [-0.39, 0.29) is 165 Å². The molecule has 5 rings (SSSR count). The fraction of sp³-hybridized carbons (Fsp3) is 0.540. The van der Waals surface area contributed by atoms with Gasteiger partial charge in [0.15, 0.2) is 0 Å². The molecule has 7 N–H and O–H groups in total. The zero-order chi connectivity index (χ0) is 65.3. The summed E-state index contributed by atoms with van der Waals surface area (Å²) in [5, 5.41) is 31.3. The maximum Gasteiger partial charge on any atom is 1.00 e. The molecule has 0 aliphatic heterocycles. The largest absolute Gasteiger partial charge is 1.00 e.